The van der Waals surface area contributed by atoms with Crippen molar-refractivity contribution in [2.45, 2.75) is 31.9 Å². The Balaban J connectivity index is 2.08. The molecule has 0 atom stereocenters. The topological polar surface area (TPSA) is 72.8 Å². The van der Waals surface area contributed by atoms with Crippen LogP contribution in [0.1, 0.15) is 36.0 Å². The molecule has 25 heavy (non-hydrogen) atoms. The highest BCUT2D eigenvalue weighted by Gasteiger charge is 2.37. The second-order valence-electron chi connectivity index (χ2n) is 5.20. The van der Waals surface area contributed by atoms with Crippen molar-refractivity contribution < 1.29 is 37.3 Å². The summed E-state index contributed by atoms with van der Waals surface area (Å²) in [7, 11) is 0. The molecule has 1 N–H and O–H groups in total. The zero-order valence-corrected chi connectivity index (χ0v) is 13.5. The van der Waals surface area contributed by atoms with Crippen molar-refractivity contribution in [1.82, 2.24) is 0 Å². The van der Waals surface area contributed by atoms with Crippen LogP contribution >= 0.6 is 0 Å². The highest BCUT2D eigenvalue weighted by atomic mass is 19.4. The van der Waals surface area contributed by atoms with Gasteiger partial charge >= 0.3 is 18.1 Å². The molecule has 0 fully saturated rings. The molecule has 0 saturated heterocycles. The minimum absolute atomic E-state index is 0.0918. The van der Waals surface area contributed by atoms with E-state index in [1.54, 1.807) is 12.1 Å². The lowest BCUT2D eigenvalue weighted by atomic mass is 10.2. The van der Waals surface area contributed by atoms with Crippen LogP contribution in [0.3, 0.4) is 0 Å². The van der Waals surface area contributed by atoms with Gasteiger partial charge in [-0.2, -0.15) is 13.2 Å². The molecule has 0 spiro atoms. The molecule has 0 amide bonds. The number of rotatable bonds is 10. The maximum atomic E-state index is 12.2. The summed E-state index contributed by atoms with van der Waals surface area (Å²) in [5.74, 6) is -1.89. The number of esters is 1. The number of ether oxygens (including phenoxy) is 2. The van der Waals surface area contributed by atoms with Gasteiger partial charge in [0, 0.05) is 0 Å². The Labute approximate surface area is 143 Å². The van der Waals surface area contributed by atoms with E-state index in [4.69, 9.17) is 9.84 Å². The van der Waals surface area contributed by atoms with Crippen molar-refractivity contribution in [3.63, 3.8) is 0 Å². The number of carboxylic acid groups (broad SMARTS) is 1. The van der Waals surface area contributed by atoms with E-state index < -0.39 is 23.7 Å². The molecule has 0 aliphatic rings. The summed E-state index contributed by atoms with van der Waals surface area (Å²) in [6.45, 7) is 3.00. The third-order valence-corrected chi connectivity index (χ3v) is 3.23. The number of aromatic carboxylic acids is 1. The molecule has 8 heteroatoms. The van der Waals surface area contributed by atoms with Crippen LogP contribution in [0.25, 0.3) is 0 Å². The number of halogens is 3. The molecule has 1 rings (SSSR count). The van der Waals surface area contributed by atoms with E-state index in [-0.39, 0.29) is 12.2 Å². The van der Waals surface area contributed by atoms with Gasteiger partial charge in [0.2, 0.25) is 0 Å². The number of benzene rings is 1. The summed E-state index contributed by atoms with van der Waals surface area (Å²) in [5.41, 5.74) is -1.33. The number of unbranched alkanes of at least 4 members (excludes halogenated alkanes) is 3. The fraction of sp³-hybridized carbons (Fsp3) is 0.412. The van der Waals surface area contributed by atoms with Crippen LogP contribution < -0.4 is 4.74 Å². The Morgan fingerprint density at radius 1 is 1.00 bits per heavy atom. The third-order valence-electron chi connectivity index (χ3n) is 3.23. The Bertz CT molecular complexity index is 593. The Morgan fingerprint density at radius 2 is 1.56 bits per heavy atom. The van der Waals surface area contributed by atoms with Crippen LogP contribution in [-0.2, 0) is 9.53 Å². The number of hydrogen-bond acceptors (Lipinski definition) is 4. The van der Waals surface area contributed by atoms with Gasteiger partial charge in [0.1, 0.15) is 11.3 Å². The van der Waals surface area contributed by atoms with Crippen molar-refractivity contribution in [2.75, 3.05) is 13.2 Å². The second kappa shape index (κ2) is 9.71. The van der Waals surface area contributed by atoms with Crippen molar-refractivity contribution in [3.8, 4) is 5.75 Å². The minimum Gasteiger partial charge on any atom is -0.494 e. The minimum atomic E-state index is -4.77. The molecule has 0 saturated carbocycles. The molecule has 1 aromatic rings. The van der Waals surface area contributed by atoms with Crippen LogP contribution in [-0.4, -0.2) is 36.4 Å². The first-order chi connectivity index (χ1) is 11.7. The molecular weight excluding hydrogens is 341 g/mol. The number of carboxylic acids is 1. The van der Waals surface area contributed by atoms with Gasteiger partial charge in [-0.15, -0.1) is 0 Å². The Morgan fingerprint density at radius 3 is 2.08 bits per heavy atom. The predicted molar refractivity (Wildman–Crippen MR) is 83.5 cm³/mol. The standard InChI is InChI=1S/C17H19F3O5/c1-12(17(18,19)20)16(23)25-11-5-3-2-4-10-24-14-8-6-13(7-9-14)15(21)22/h6-9H,1-5,10-11H2,(H,21,22). The van der Waals surface area contributed by atoms with Crippen molar-refractivity contribution in [2.24, 2.45) is 0 Å². The fourth-order valence-corrected chi connectivity index (χ4v) is 1.81. The molecule has 0 unspecified atom stereocenters. The monoisotopic (exact) mass is 360 g/mol. The molecule has 0 aliphatic carbocycles. The maximum Gasteiger partial charge on any atom is 0.422 e. The molecule has 0 bridgehead atoms. The molecular formula is C17H19F3O5. The molecule has 1 aromatic carbocycles. The van der Waals surface area contributed by atoms with E-state index in [2.05, 4.69) is 11.3 Å². The maximum absolute atomic E-state index is 12.2. The van der Waals surface area contributed by atoms with Gasteiger partial charge in [0.15, 0.2) is 0 Å². The number of alkyl halides is 3. The number of carbonyl (C=O) groups excluding carboxylic acids is 1. The van der Waals surface area contributed by atoms with Crippen LogP contribution in [0.5, 0.6) is 5.75 Å². The quantitative estimate of drug-likeness (QED) is 0.388. The van der Waals surface area contributed by atoms with E-state index in [0.717, 1.165) is 6.42 Å². The predicted octanol–water partition coefficient (Wildman–Crippen LogP) is 3.99. The highest BCUT2D eigenvalue weighted by Crippen LogP contribution is 2.24. The lowest BCUT2D eigenvalue weighted by molar-refractivity contribution is -0.150. The number of carbonyl (C=O) groups is 2. The van der Waals surface area contributed by atoms with Crippen molar-refractivity contribution in [1.29, 1.82) is 0 Å². The molecule has 0 heterocycles. The average Bonchev–Trinajstić information content (AvgIpc) is 2.55. The van der Waals surface area contributed by atoms with Gasteiger partial charge < -0.3 is 14.6 Å². The SMILES string of the molecule is C=C(C(=O)OCCCCCCOc1ccc(C(=O)O)cc1)C(F)(F)F. The number of hydrogen-bond donors (Lipinski definition) is 1. The second-order valence-corrected chi connectivity index (χ2v) is 5.20. The van der Waals surface area contributed by atoms with Crippen LogP contribution in [0.4, 0.5) is 13.2 Å². The van der Waals surface area contributed by atoms with E-state index in [1.165, 1.54) is 12.1 Å². The first-order valence-corrected chi connectivity index (χ1v) is 7.61. The van der Waals surface area contributed by atoms with Crippen molar-refractivity contribution in [3.05, 3.63) is 42.0 Å². The van der Waals surface area contributed by atoms with Crippen LogP contribution in [0.15, 0.2) is 36.4 Å². The van der Waals surface area contributed by atoms with E-state index in [0.29, 0.717) is 31.6 Å². The molecule has 0 radical (unpaired) electrons. The van der Waals surface area contributed by atoms with Crippen LogP contribution in [0, 0.1) is 0 Å². The van der Waals surface area contributed by atoms with E-state index in [1.807, 2.05) is 0 Å². The summed E-state index contributed by atoms with van der Waals surface area (Å²) >= 11 is 0. The summed E-state index contributed by atoms with van der Waals surface area (Å²) in [6.07, 6.45) is -2.18. The smallest absolute Gasteiger partial charge is 0.422 e. The summed E-state index contributed by atoms with van der Waals surface area (Å²) < 4.78 is 46.5. The van der Waals surface area contributed by atoms with Gasteiger partial charge in [-0.1, -0.05) is 6.58 Å². The van der Waals surface area contributed by atoms with Gasteiger partial charge in [-0.25, -0.2) is 9.59 Å². The molecule has 5 nitrogen and oxygen atoms in total. The highest BCUT2D eigenvalue weighted by molar-refractivity contribution is 5.89. The summed E-state index contributed by atoms with van der Waals surface area (Å²) in [4.78, 5) is 21.7. The zero-order valence-electron chi connectivity index (χ0n) is 13.5. The summed E-state index contributed by atoms with van der Waals surface area (Å²) in [5, 5.41) is 8.76. The zero-order chi connectivity index (χ0) is 18.9. The largest absolute Gasteiger partial charge is 0.494 e. The average molecular weight is 360 g/mol. The first-order valence-electron chi connectivity index (χ1n) is 7.61. The molecule has 0 aliphatic heterocycles. The normalized spacial score (nSPS) is 11.0. The fourth-order valence-electron chi connectivity index (χ4n) is 1.81. The van der Waals surface area contributed by atoms with Gasteiger partial charge in [0.25, 0.3) is 0 Å². The Kier molecular flexibility index (Phi) is 7.97. The molecule has 0 aromatic heterocycles. The van der Waals surface area contributed by atoms with Crippen LogP contribution in [0.2, 0.25) is 0 Å². The third kappa shape index (κ3) is 7.73. The van der Waals surface area contributed by atoms with Gasteiger partial charge in [0.05, 0.1) is 18.8 Å². The van der Waals surface area contributed by atoms with E-state index in [9.17, 15) is 22.8 Å². The lowest BCUT2D eigenvalue weighted by Gasteiger charge is -2.09. The summed E-state index contributed by atoms with van der Waals surface area (Å²) in [6, 6.07) is 6.02. The molecule has 138 valence electrons. The van der Waals surface area contributed by atoms with E-state index >= 15 is 0 Å². The first kappa shape index (κ1) is 20.5. The lowest BCUT2D eigenvalue weighted by Crippen LogP contribution is -2.21. The van der Waals surface area contributed by atoms with Gasteiger partial charge in [-0.3, -0.25) is 0 Å². The van der Waals surface area contributed by atoms with Crippen molar-refractivity contribution >= 4 is 11.9 Å². The van der Waals surface area contributed by atoms with Gasteiger partial charge in [-0.05, 0) is 49.9 Å². The Hall–Kier alpha value is -2.51.